The highest BCUT2D eigenvalue weighted by atomic mass is 35.5. The van der Waals surface area contributed by atoms with Crippen LogP contribution in [-0.2, 0) is 9.59 Å². The molecule has 1 heterocycles. The number of anilines is 1. The molecule has 7 nitrogen and oxygen atoms in total. The SMILES string of the molecule is Cc1ccc(N2C(=O)NC(=O)C(=Cc3ccc(OC(=O)c4cccc(C)c4)c(Cl)c3)C2=O)cc1. The van der Waals surface area contributed by atoms with E-state index >= 15 is 0 Å². The monoisotopic (exact) mass is 474 g/mol. The summed E-state index contributed by atoms with van der Waals surface area (Å²) < 4.78 is 5.38. The minimum atomic E-state index is -0.826. The fraction of sp³-hybridized carbons (Fsp3) is 0.0769. The van der Waals surface area contributed by atoms with Crippen molar-refractivity contribution in [2.24, 2.45) is 0 Å². The molecule has 1 saturated heterocycles. The van der Waals surface area contributed by atoms with Crippen molar-refractivity contribution in [1.82, 2.24) is 5.32 Å². The topological polar surface area (TPSA) is 92.8 Å². The Labute approximate surface area is 200 Å². The van der Waals surface area contributed by atoms with Gasteiger partial charge in [-0.2, -0.15) is 0 Å². The molecule has 0 aromatic heterocycles. The van der Waals surface area contributed by atoms with E-state index in [1.54, 1.807) is 48.5 Å². The van der Waals surface area contributed by atoms with Crippen molar-refractivity contribution in [2.45, 2.75) is 13.8 Å². The quantitative estimate of drug-likeness (QED) is 0.253. The molecular weight excluding hydrogens is 456 g/mol. The molecule has 34 heavy (non-hydrogen) atoms. The molecule has 170 valence electrons. The van der Waals surface area contributed by atoms with Crippen LogP contribution in [0.1, 0.15) is 27.0 Å². The predicted octanol–water partition coefficient (Wildman–Crippen LogP) is 4.84. The van der Waals surface area contributed by atoms with Crippen LogP contribution in [0.25, 0.3) is 6.08 Å². The molecule has 0 saturated carbocycles. The number of aryl methyl sites for hydroxylation is 2. The van der Waals surface area contributed by atoms with Crippen LogP contribution in [-0.4, -0.2) is 23.8 Å². The number of imide groups is 2. The average Bonchev–Trinajstić information content (AvgIpc) is 2.79. The number of nitrogens with one attached hydrogen (secondary N) is 1. The van der Waals surface area contributed by atoms with E-state index in [-0.39, 0.29) is 16.3 Å². The Morgan fingerprint density at radius 3 is 2.35 bits per heavy atom. The van der Waals surface area contributed by atoms with Crippen molar-refractivity contribution >= 4 is 47.2 Å². The minimum Gasteiger partial charge on any atom is -0.421 e. The third-order valence-electron chi connectivity index (χ3n) is 5.12. The molecule has 3 aromatic rings. The van der Waals surface area contributed by atoms with Crippen LogP contribution in [0.2, 0.25) is 5.02 Å². The van der Waals surface area contributed by atoms with Crippen molar-refractivity contribution in [2.75, 3.05) is 4.90 Å². The maximum atomic E-state index is 13.0. The zero-order chi connectivity index (χ0) is 24.4. The molecule has 4 rings (SSSR count). The third kappa shape index (κ3) is 4.74. The molecule has 0 unspecified atom stereocenters. The van der Waals surface area contributed by atoms with Gasteiger partial charge in [-0.15, -0.1) is 0 Å². The van der Waals surface area contributed by atoms with Gasteiger partial charge < -0.3 is 4.74 Å². The molecule has 1 N–H and O–H groups in total. The van der Waals surface area contributed by atoms with Crippen LogP contribution >= 0.6 is 11.6 Å². The molecule has 0 aliphatic carbocycles. The first kappa shape index (κ1) is 22.9. The number of hydrogen-bond donors (Lipinski definition) is 1. The summed E-state index contributed by atoms with van der Waals surface area (Å²) in [5, 5.41) is 2.29. The summed E-state index contributed by atoms with van der Waals surface area (Å²) in [6, 6.07) is 17.3. The summed E-state index contributed by atoms with van der Waals surface area (Å²) in [5.74, 6) is -2.01. The summed E-state index contributed by atoms with van der Waals surface area (Å²) >= 11 is 6.29. The Kier molecular flexibility index (Phi) is 6.30. The normalized spacial score (nSPS) is 14.9. The number of benzene rings is 3. The number of urea groups is 1. The highest BCUT2D eigenvalue weighted by Gasteiger charge is 2.36. The van der Waals surface area contributed by atoms with Crippen molar-refractivity contribution in [3.63, 3.8) is 0 Å². The highest BCUT2D eigenvalue weighted by molar-refractivity contribution is 6.39. The first-order chi connectivity index (χ1) is 16.2. The Morgan fingerprint density at radius 1 is 0.941 bits per heavy atom. The van der Waals surface area contributed by atoms with Crippen LogP contribution in [0.3, 0.4) is 0 Å². The summed E-state index contributed by atoms with van der Waals surface area (Å²) in [4.78, 5) is 51.0. The van der Waals surface area contributed by atoms with E-state index in [0.717, 1.165) is 16.0 Å². The smallest absolute Gasteiger partial charge is 0.343 e. The first-order valence-electron chi connectivity index (χ1n) is 10.3. The van der Waals surface area contributed by atoms with Gasteiger partial charge in [-0.25, -0.2) is 14.5 Å². The Balaban J connectivity index is 1.59. The van der Waals surface area contributed by atoms with E-state index in [9.17, 15) is 19.2 Å². The molecule has 1 aliphatic rings. The zero-order valence-electron chi connectivity index (χ0n) is 18.3. The van der Waals surface area contributed by atoms with E-state index < -0.39 is 23.8 Å². The van der Waals surface area contributed by atoms with Gasteiger partial charge in [0.05, 0.1) is 16.3 Å². The van der Waals surface area contributed by atoms with E-state index in [1.807, 2.05) is 19.9 Å². The zero-order valence-corrected chi connectivity index (χ0v) is 19.1. The van der Waals surface area contributed by atoms with Crippen LogP contribution in [0.5, 0.6) is 5.75 Å². The average molecular weight is 475 g/mol. The number of carbonyl (C=O) groups is 4. The molecule has 4 amide bonds. The van der Waals surface area contributed by atoms with Gasteiger partial charge in [-0.1, -0.05) is 53.1 Å². The molecule has 0 radical (unpaired) electrons. The molecule has 0 atom stereocenters. The van der Waals surface area contributed by atoms with Crippen LogP contribution in [0.15, 0.2) is 72.3 Å². The number of hydrogen-bond acceptors (Lipinski definition) is 5. The molecule has 8 heteroatoms. The van der Waals surface area contributed by atoms with Gasteiger partial charge in [-0.3, -0.25) is 14.9 Å². The second-order valence-corrected chi connectivity index (χ2v) is 8.15. The fourth-order valence-electron chi connectivity index (χ4n) is 3.37. The lowest BCUT2D eigenvalue weighted by molar-refractivity contribution is -0.122. The number of halogens is 1. The van der Waals surface area contributed by atoms with Crippen molar-refractivity contribution in [3.8, 4) is 5.75 Å². The van der Waals surface area contributed by atoms with Crippen LogP contribution in [0, 0.1) is 13.8 Å². The number of carbonyl (C=O) groups excluding carboxylic acids is 4. The van der Waals surface area contributed by atoms with Crippen molar-refractivity contribution in [1.29, 1.82) is 0 Å². The largest absolute Gasteiger partial charge is 0.421 e. The maximum absolute atomic E-state index is 13.0. The number of rotatable bonds is 4. The summed E-state index contributed by atoms with van der Waals surface area (Å²) in [5.41, 5.74) is 2.77. The summed E-state index contributed by atoms with van der Waals surface area (Å²) in [6.07, 6.45) is 1.32. The molecule has 0 bridgehead atoms. The second kappa shape index (κ2) is 9.33. The van der Waals surface area contributed by atoms with E-state index in [4.69, 9.17) is 16.3 Å². The molecular formula is C26H19ClN2O5. The van der Waals surface area contributed by atoms with E-state index in [2.05, 4.69) is 5.32 Å². The minimum absolute atomic E-state index is 0.116. The Morgan fingerprint density at radius 2 is 1.68 bits per heavy atom. The third-order valence-corrected chi connectivity index (χ3v) is 5.41. The molecule has 0 spiro atoms. The van der Waals surface area contributed by atoms with Gasteiger partial charge >= 0.3 is 12.0 Å². The van der Waals surface area contributed by atoms with Gasteiger partial charge in [0.1, 0.15) is 11.3 Å². The number of amides is 4. The maximum Gasteiger partial charge on any atom is 0.343 e. The number of esters is 1. The summed E-state index contributed by atoms with van der Waals surface area (Å²) in [7, 11) is 0. The molecule has 3 aromatic carbocycles. The Hall–Kier alpha value is -4.23. The first-order valence-corrected chi connectivity index (χ1v) is 10.7. The van der Waals surface area contributed by atoms with E-state index in [1.165, 1.54) is 18.2 Å². The van der Waals surface area contributed by atoms with Crippen molar-refractivity contribution in [3.05, 3.63) is 99.6 Å². The van der Waals surface area contributed by atoms with Gasteiger partial charge in [0.2, 0.25) is 0 Å². The standard InChI is InChI=1S/C26H19ClN2O5/c1-15-6-9-19(10-7-15)29-24(31)20(23(30)28-26(29)33)13-17-8-11-22(21(27)14-17)34-25(32)18-5-3-4-16(2)12-18/h3-14H,1-2H3,(H,28,30,33). The number of barbiturate groups is 1. The van der Waals surface area contributed by atoms with Gasteiger partial charge in [-0.05, 0) is 61.9 Å². The van der Waals surface area contributed by atoms with Crippen LogP contribution < -0.4 is 15.0 Å². The number of ether oxygens (including phenoxy) is 1. The second-order valence-electron chi connectivity index (χ2n) is 7.74. The predicted molar refractivity (Wildman–Crippen MR) is 128 cm³/mol. The fourth-order valence-corrected chi connectivity index (χ4v) is 3.60. The number of nitrogens with zero attached hydrogens (tertiary/aromatic N) is 1. The Bertz CT molecular complexity index is 1360. The molecule has 1 fully saturated rings. The van der Waals surface area contributed by atoms with Gasteiger partial charge in [0.25, 0.3) is 11.8 Å². The lowest BCUT2D eigenvalue weighted by atomic mass is 10.1. The van der Waals surface area contributed by atoms with Crippen molar-refractivity contribution < 1.29 is 23.9 Å². The van der Waals surface area contributed by atoms with Gasteiger partial charge in [0.15, 0.2) is 0 Å². The highest BCUT2D eigenvalue weighted by Crippen LogP contribution is 2.28. The van der Waals surface area contributed by atoms with E-state index in [0.29, 0.717) is 16.8 Å². The summed E-state index contributed by atoms with van der Waals surface area (Å²) in [6.45, 7) is 3.74. The lowest BCUT2D eigenvalue weighted by Gasteiger charge is -2.26. The molecule has 1 aliphatic heterocycles. The van der Waals surface area contributed by atoms with Gasteiger partial charge in [0, 0.05) is 0 Å². The van der Waals surface area contributed by atoms with Crippen LogP contribution in [0.4, 0.5) is 10.5 Å². The lowest BCUT2D eigenvalue weighted by Crippen LogP contribution is -2.54.